The molecule has 2 aromatic carbocycles. The van der Waals surface area contributed by atoms with Gasteiger partial charge in [0.05, 0.1) is 11.4 Å². The van der Waals surface area contributed by atoms with Crippen molar-refractivity contribution in [2.45, 2.75) is 56.9 Å². The van der Waals surface area contributed by atoms with Gasteiger partial charge in [-0.2, -0.15) is 0 Å². The predicted octanol–water partition coefficient (Wildman–Crippen LogP) is 7.35. The number of fused-ring (bicyclic) bond motifs is 1. The van der Waals surface area contributed by atoms with Crippen LogP contribution >= 0.6 is 35.1 Å². The fourth-order valence-electron chi connectivity index (χ4n) is 4.58. The number of benzene rings is 2. The lowest BCUT2D eigenvalue weighted by Crippen LogP contribution is -2.40. The number of halogens is 1. The van der Waals surface area contributed by atoms with Gasteiger partial charge in [-0.3, -0.25) is 9.69 Å². The van der Waals surface area contributed by atoms with Crippen LogP contribution in [0.1, 0.15) is 44.6 Å². The Hall–Kier alpha value is -1.89. The van der Waals surface area contributed by atoms with Crippen LogP contribution in [0.25, 0.3) is 0 Å². The van der Waals surface area contributed by atoms with E-state index in [1.165, 1.54) is 31.0 Å². The first kappa shape index (κ1) is 21.9. The summed E-state index contributed by atoms with van der Waals surface area (Å²) in [4.78, 5) is 25.0. The Labute approximate surface area is 203 Å². The Morgan fingerprint density at radius 2 is 1.88 bits per heavy atom. The van der Waals surface area contributed by atoms with E-state index in [9.17, 15) is 4.79 Å². The molecule has 166 valence electrons. The van der Waals surface area contributed by atoms with Crippen LogP contribution in [-0.2, 0) is 4.79 Å². The van der Waals surface area contributed by atoms with Gasteiger partial charge in [-0.1, -0.05) is 60.8 Å². The summed E-state index contributed by atoms with van der Waals surface area (Å²) in [6, 6.07) is 14.3. The normalized spacial score (nSPS) is 22.8. The largest absolute Gasteiger partial charge is 0.334 e. The van der Waals surface area contributed by atoms with Crippen LogP contribution < -0.4 is 4.90 Å². The number of aliphatic imine (C=N–C) groups is 1. The van der Waals surface area contributed by atoms with E-state index in [0.717, 1.165) is 56.3 Å². The van der Waals surface area contributed by atoms with Crippen LogP contribution in [0, 0.1) is 6.92 Å². The number of para-hydroxylation sites is 1. The van der Waals surface area contributed by atoms with Gasteiger partial charge in [0.25, 0.3) is 5.91 Å². The zero-order valence-corrected chi connectivity index (χ0v) is 20.7. The molecule has 0 unspecified atom stereocenters. The van der Waals surface area contributed by atoms with E-state index in [1.54, 1.807) is 11.8 Å². The molecular weight excluding hydrogens is 458 g/mol. The maximum absolute atomic E-state index is 13.9. The van der Waals surface area contributed by atoms with Crippen molar-refractivity contribution in [3.8, 4) is 0 Å². The number of aryl methyl sites for hydroxylation is 1. The van der Waals surface area contributed by atoms with E-state index in [2.05, 4.69) is 24.8 Å². The maximum Gasteiger partial charge on any atom is 0.269 e. The third kappa shape index (κ3) is 3.97. The third-order valence-electron chi connectivity index (χ3n) is 6.26. The number of amidine groups is 1. The molecule has 0 aromatic heterocycles. The van der Waals surface area contributed by atoms with Gasteiger partial charge in [0.15, 0.2) is 5.17 Å². The Morgan fingerprint density at radius 3 is 2.62 bits per heavy atom. The van der Waals surface area contributed by atoms with Crippen molar-refractivity contribution in [3.05, 3.63) is 63.0 Å². The van der Waals surface area contributed by atoms with Crippen LogP contribution in [-0.4, -0.2) is 28.6 Å². The highest BCUT2D eigenvalue weighted by Gasteiger charge is 2.43. The van der Waals surface area contributed by atoms with Crippen molar-refractivity contribution < 1.29 is 4.79 Å². The minimum Gasteiger partial charge on any atom is -0.334 e. The molecule has 2 heterocycles. The molecule has 4 nitrogen and oxygen atoms in total. The summed E-state index contributed by atoms with van der Waals surface area (Å²) < 4.78 is 0. The second kappa shape index (κ2) is 9.16. The van der Waals surface area contributed by atoms with Gasteiger partial charge in [0.1, 0.15) is 9.93 Å². The number of amides is 1. The molecule has 2 fully saturated rings. The highest BCUT2D eigenvalue weighted by atomic mass is 35.5. The summed E-state index contributed by atoms with van der Waals surface area (Å²) in [6.45, 7) is 4.96. The molecule has 32 heavy (non-hydrogen) atoms. The molecule has 2 aromatic rings. The van der Waals surface area contributed by atoms with E-state index in [1.807, 2.05) is 41.3 Å². The van der Waals surface area contributed by atoms with Gasteiger partial charge in [0.2, 0.25) is 0 Å². The summed E-state index contributed by atoms with van der Waals surface area (Å²) in [5, 5.41) is 2.52. The fraction of sp³-hybridized carbons (Fsp3) is 0.360. The van der Waals surface area contributed by atoms with Crippen molar-refractivity contribution >= 4 is 57.6 Å². The molecule has 0 spiro atoms. The molecular formula is C25H26ClN3OS2. The number of hydrogen-bond acceptors (Lipinski definition) is 5. The molecule has 3 aliphatic rings. The molecule has 1 saturated heterocycles. The van der Waals surface area contributed by atoms with Crippen molar-refractivity contribution in [2.75, 3.05) is 11.4 Å². The van der Waals surface area contributed by atoms with Crippen LogP contribution in [0.4, 0.5) is 11.4 Å². The van der Waals surface area contributed by atoms with Crippen molar-refractivity contribution in [2.24, 2.45) is 4.99 Å². The van der Waals surface area contributed by atoms with Crippen LogP contribution in [0.5, 0.6) is 0 Å². The fourth-order valence-corrected chi connectivity index (χ4v) is 7.18. The average molecular weight is 484 g/mol. The van der Waals surface area contributed by atoms with Crippen LogP contribution in [0.2, 0.25) is 5.02 Å². The Kier molecular flexibility index (Phi) is 6.28. The number of hydrogen-bond donors (Lipinski definition) is 0. The highest BCUT2D eigenvalue weighted by Crippen LogP contribution is 2.52. The lowest BCUT2D eigenvalue weighted by atomic mass is 9.94. The zero-order valence-electron chi connectivity index (χ0n) is 18.3. The van der Waals surface area contributed by atoms with Gasteiger partial charge >= 0.3 is 0 Å². The molecule has 0 atom stereocenters. The number of carbonyl (C=O) groups is 1. The maximum atomic E-state index is 13.9. The molecule has 7 heteroatoms. The highest BCUT2D eigenvalue weighted by molar-refractivity contribution is 8.19. The number of carbonyl (C=O) groups excluding carboxylic acids is 1. The van der Waals surface area contributed by atoms with Crippen LogP contribution in [0.3, 0.4) is 0 Å². The quantitative estimate of drug-likeness (QED) is 0.427. The summed E-state index contributed by atoms with van der Waals surface area (Å²) in [5.74, 6) is 0.0917. The van der Waals surface area contributed by atoms with Gasteiger partial charge in [-0.25, -0.2) is 4.99 Å². The molecule has 0 radical (unpaired) electrons. The number of anilines is 1. The molecule has 1 aliphatic carbocycles. The van der Waals surface area contributed by atoms with Crippen molar-refractivity contribution in [1.82, 2.24) is 4.90 Å². The lowest BCUT2D eigenvalue weighted by Gasteiger charge is -2.30. The lowest BCUT2D eigenvalue weighted by molar-refractivity contribution is -0.124. The average Bonchev–Trinajstić information content (AvgIpc) is 3.32. The SMILES string of the molecule is CCN1/C(=C2/SC(=Nc3ccccc3C)N(C3CCCCC3)C2=O)Sc2ccc(Cl)cc21. The number of nitrogens with zero attached hydrogens (tertiary/aromatic N) is 3. The van der Waals surface area contributed by atoms with Crippen LogP contribution in [0.15, 0.2) is 62.3 Å². The molecule has 1 amide bonds. The Bertz CT molecular complexity index is 1120. The summed E-state index contributed by atoms with van der Waals surface area (Å²) in [6.07, 6.45) is 5.68. The minimum absolute atomic E-state index is 0.0917. The summed E-state index contributed by atoms with van der Waals surface area (Å²) in [5.41, 5.74) is 3.12. The molecule has 1 saturated carbocycles. The molecule has 0 N–H and O–H groups in total. The summed E-state index contributed by atoms with van der Waals surface area (Å²) in [7, 11) is 0. The first-order valence-electron chi connectivity index (χ1n) is 11.2. The minimum atomic E-state index is 0.0917. The topological polar surface area (TPSA) is 35.9 Å². The summed E-state index contributed by atoms with van der Waals surface area (Å²) >= 11 is 9.47. The zero-order chi connectivity index (χ0) is 22.2. The van der Waals surface area contributed by atoms with E-state index in [4.69, 9.17) is 16.6 Å². The Balaban J connectivity index is 1.59. The number of rotatable bonds is 3. The first-order chi connectivity index (χ1) is 15.6. The second-order valence-electron chi connectivity index (χ2n) is 8.34. The van der Waals surface area contributed by atoms with E-state index < -0.39 is 0 Å². The smallest absolute Gasteiger partial charge is 0.269 e. The van der Waals surface area contributed by atoms with Gasteiger partial charge < -0.3 is 4.90 Å². The first-order valence-corrected chi connectivity index (χ1v) is 13.2. The van der Waals surface area contributed by atoms with E-state index in [0.29, 0.717) is 5.02 Å². The van der Waals surface area contributed by atoms with Crippen molar-refractivity contribution in [3.63, 3.8) is 0 Å². The van der Waals surface area contributed by atoms with E-state index in [-0.39, 0.29) is 11.9 Å². The molecule has 5 rings (SSSR count). The predicted molar refractivity (Wildman–Crippen MR) is 137 cm³/mol. The third-order valence-corrected chi connectivity index (χ3v) is 8.85. The molecule has 2 aliphatic heterocycles. The standard InChI is InChI=1S/C25H26ClN3OS2/c1-3-28-20-15-17(26)13-14-21(20)31-24(28)22-23(30)29(18-10-5-4-6-11-18)25(32-22)27-19-12-8-7-9-16(19)2/h7-9,12-15,18H,3-6,10-11H2,1-2H3/b24-22-,27-25?. The second-order valence-corrected chi connectivity index (χ2v) is 10.8. The van der Waals surface area contributed by atoms with Gasteiger partial charge in [-0.05, 0) is 68.3 Å². The van der Waals surface area contributed by atoms with E-state index >= 15 is 0 Å². The van der Waals surface area contributed by atoms with Gasteiger partial charge in [-0.15, -0.1) is 0 Å². The molecule has 0 bridgehead atoms. The number of thioether (sulfide) groups is 2. The van der Waals surface area contributed by atoms with Crippen molar-refractivity contribution in [1.29, 1.82) is 0 Å². The monoisotopic (exact) mass is 483 g/mol. The Morgan fingerprint density at radius 1 is 1.09 bits per heavy atom. The van der Waals surface area contributed by atoms with Gasteiger partial charge in [0, 0.05) is 22.5 Å².